The number of thioether (sulfide) groups is 1. The van der Waals surface area contributed by atoms with E-state index < -0.39 is 0 Å². The molecule has 3 nitrogen and oxygen atoms in total. The molecular weight excluding hydrogens is 384 g/mol. The number of aryl methyl sites for hydroxylation is 2. The molecule has 1 aliphatic heterocycles. The average molecular weight is 405 g/mol. The van der Waals surface area contributed by atoms with Gasteiger partial charge in [0.25, 0.3) is 5.91 Å². The van der Waals surface area contributed by atoms with Crippen molar-refractivity contribution in [2.24, 2.45) is 0 Å². The predicted octanol–water partition coefficient (Wildman–Crippen LogP) is 5.81. The number of carbonyl (C=O) groups is 1. The molecule has 0 N–H and O–H groups in total. The molecule has 0 saturated carbocycles. The Balaban J connectivity index is 1.71. The largest absolute Gasteiger partial charge is 0.318 e. The number of benzene rings is 2. The Bertz CT molecular complexity index is 1110. The summed E-state index contributed by atoms with van der Waals surface area (Å²) in [7, 11) is 0. The first-order chi connectivity index (χ1) is 13.5. The van der Waals surface area contributed by atoms with Crippen LogP contribution >= 0.6 is 24.0 Å². The summed E-state index contributed by atoms with van der Waals surface area (Å²) in [6, 6.07) is 20.2. The van der Waals surface area contributed by atoms with Crippen LogP contribution in [0.15, 0.2) is 65.6 Å². The first kappa shape index (κ1) is 18.7. The third-order valence-electron chi connectivity index (χ3n) is 4.82. The van der Waals surface area contributed by atoms with E-state index in [1.54, 1.807) is 4.90 Å². The quantitative estimate of drug-likeness (QED) is 0.407. The van der Waals surface area contributed by atoms with Gasteiger partial charge < -0.3 is 4.57 Å². The number of carbonyl (C=O) groups excluding carboxylic acids is 1. The van der Waals surface area contributed by atoms with Crippen molar-refractivity contribution in [3.05, 3.63) is 88.1 Å². The minimum atomic E-state index is -0.0647. The van der Waals surface area contributed by atoms with Crippen LogP contribution in [-0.2, 0) is 4.79 Å². The van der Waals surface area contributed by atoms with E-state index in [0.717, 1.165) is 33.9 Å². The summed E-state index contributed by atoms with van der Waals surface area (Å²) in [5, 5.41) is 0. The standard InChI is InChI=1S/C23H20N2OS2/c1-15-8-7-11-20(12-15)25-22(26)21(28-23(25)27)14-18-13-16(2)24(17(18)3)19-9-5-4-6-10-19/h4-14H,1-3H3/b21-14-. The Labute approximate surface area is 174 Å². The molecule has 28 heavy (non-hydrogen) atoms. The highest BCUT2D eigenvalue weighted by Crippen LogP contribution is 2.37. The second-order valence-electron chi connectivity index (χ2n) is 6.85. The molecular formula is C23H20N2OS2. The van der Waals surface area contributed by atoms with Crippen LogP contribution in [0.3, 0.4) is 0 Å². The van der Waals surface area contributed by atoms with E-state index in [0.29, 0.717) is 9.23 Å². The highest BCUT2D eigenvalue weighted by molar-refractivity contribution is 8.27. The van der Waals surface area contributed by atoms with Crippen LogP contribution in [0.25, 0.3) is 11.8 Å². The lowest BCUT2D eigenvalue weighted by molar-refractivity contribution is -0.113. The molecule has 4 rings (SSSR count). The van der Waals surface area contributed by atoms with Gasteiger partial charge in [0.15, 0.2) is 4.32 Å². The van der Waals surface area contributed by atoms with Gasteiger partial charge in [0, 0.05) is 17.1 Å². The number of nitrogens with zero attached hydrogens (tertiary/aromatic N) is 2. The molecule has 1 saturated heterocycles. The van der Waals surface area contributed by atoms with Crippen LogP contribution in [0, 0.1) is 20.8 Å². The van der Waals surface area contributed by atoms with Gasteiger partial charge in [-0.1, -0.05) is 54.3 Å². The lowest BCUT2D eigenvalue weighted by Gasteiger charge is -2.14. The summed E-state index contributed by atoms with van der Waals surface area (Å²) >= 11 is 6.86. The molecule has 2 heterocycles. The van der Waals surface area contributed by atoms with Crippen LogP contribution in [0.4, 0.5) is 5.69 Å². The number of rotatable bonds is 3. The Morgan fingerprint density at radius 1 is 0.929 bits per heavy atom. The smallest absolute Gasteiger partial charge is 0.270 e. The zero-order valence-electron chi connectivity index (χ0n) is 16.0. The van der Waals surface area contributed by atoms with Crippen LogP contribution < -0.4 is 4.90 Å². The van der Waals surface area contributed by atoms with E-state index in [4.69, 9.17) is 12.2 Å². The van der Waals surface area contributed by atoms with Gasteiger partial charge in [-0.05, 0) is 68.3 Å². The predicted molar refractivity (Wildman–Crippen MR) is 122 cm³/mol. The molecule has 0 aliphatic carbocycles. The van der Waals surface area contributed by atoms with Gasteiger partial charge in [-0.25, -0.2) is 0 Å². The fourth-order valence-electron chi connectivity index (χ4n) is 3.51. The Hall–Kier alpha value is -2.63. The molecule has 1 fully saturated rings. The first-order valence-electron chi connectivity index (χ1n) is 9.04. The Kier molecular flexibility index (Phi) is 4.96. The molecule has 140 valence electrons. The molecule has 5 heteroatoms. The molecule has 1 aromatic heterocycles. The Morgan fingerprint density at radius 3 is 2.36 bits per heavy atom. The summed E-state index contributed by atoms with van der Waals surface area (Å²) in [5.41, 5.74) is 6.30. The molecule has 3 aromatic rings. The molecule has 1 amide bonds. The van der Waals surface area contributed by atoms with Gasteiger partial charge in [0.2, 0.25) is 0 Å². The van der Waals surface area contributed by atoms with E-state index >= 15 is 0 Å². The summed E-state index contributed by atoms with van der Waals surface area (Å²) in [6.45, 7) is 6.16. The normalized spacial score (nSPS) is 15.7. The van der Waals surface area contributed by atoms with Gasteiger partial charge in [-0.2, -0.15) is 0 Å². The number of amides is 1. The number of hydrogen-bond donors (Lipinski definition) is 0. The number of para-hydroxylation sites is 1. The van der Waals surface area contributed by atoms with Crippen LogP contribution in [0.5, 0.6) is 0 Å². The van der Waals surface area contributed by atoms with Crippen molar-refractivity contribution in [3.8, 4) is 5.69 Å². The third kappa shape index (κ3) is 3.32. The molecule has 0 spiro atoms. The topological polar surface area (TPSA) is 25.2 Å². The number of aromatic nitrogens is 1. The number of anilines is 1. The fraction of sp³-hybridized carbons (Fsp3) is 0.130. The summed E-state index contributed by atoms with van der Waals surface area (Å²) in [6.07, 6.45) is 1.96. The van der Waals surface area contributed by atoms with Crippen molar-refractivity contribution in [1.82, 2.24) is 4.57 Å². The van der Waals surface area contributed by atoms with Crippen molar-refractivity contribution in [2.45, 2.75) is 20.8 Å². The van der Waals surface area contributed by atoms with Gasteiger partial charge in [-0.15, -0.1) is 0 Å². The molecule has 1 aliphatic rings. The number of hydrogen-bond acceptors (Lipinski definition) is 3. The average Bonchev–Trinajstić information content (AvgIpc) is 3.11. The van der Waals surface area contributed by atoms with Crippen molar-refractivity contribution in [1.29, 1.82) is 0 Å². The van der Waals surface area contributed by atoms with Crippen LogP contribution in [0.2, 0.25) is 0 Å². The zero-order valence-corrected chi connectivity index (χ0v) is 17.6. The maximum absolute atomic E-state index is 13.0. The Morgan fingerprint density at radius 2 is 1.64 bits per heavy atom. The van der Waals surface area contributed by atoms with Gasteiger partial charge in [-0.3, -0.25) is 9.69 Å². The molecule has 2 aromatic carbocycles. The van der Waals surface area contributed by atoms with Crippen LogP contribution in [0.1, 0.15) is 22.5 Å². The lowest BCUT2D eigenvalue weighted by Crippen LogP contribution is -2.27. The van der Waals surface area contributed by atoms with Crippen LogP contribution in [-0.4, -0.2) is 14.8 Å². The van der Waals surface area contributed by atoms with Gasteiger partial charge in [0.05, 0.1) is 10.6 Å². The maximum Gasteiger partial charge on any atom is 0.270 e. The van der Waals surface area contributed by atoms with E-state index in [1.165, 1.54) is 11.8 Å². The summed E-state index contributed by atoms with van der Waals surface area (Å²) < 4.78 is 2.77. The summed E-state index contributed by atoms with van der Waals surface area (Å²) in [5.74, 6) is -0.0647. The van der Waals surface area contributed by atoms with Gasteiger partial charge >= 0.3 is 0 Å². The highest BCUT2D eigenvalue weighted by Gasteiger charge is 2.33. The van der Waals surface area contributed by atoms with Crippen molar-refractivity contribution >= 4 is 46.0 Å². The van der Waals surface area contributed by atoms with E-state index in [-0.39, 0.29) is 5.91 Å². The van der Waals surface area contributed by atoms with E-state index in [2.05, 4.69) is 36.6 Å². The minimum Gasteiger partial charge on any atom is -0.318 e. The van der Waals surface area contributed by atoms with Gasteiger partial charge in [0.1, 0.15) is 0 Å². The monoisotopic (exact) mass is 404 g/mol. The summed E-state index contributed by atoms with van der Waals surface area (Å²) in [4.78, 5) is 15.3. The van der Waals surface area contributed by atoms with E-state index in [1.807, 2.05) is 55.5 Å². The molecule has 0 bridgehead atoms. The fourth-order valence-corrected chi connectivity index (χ4v) is 4.80. The third-order valence-corrected chi connectivity index (χ3v) is 6.13. The van der Waals surface area contributed by atoms with Crippen molar-refractivity contribution in [3.63, 3.8) is 0 Å². The second kappa shape index (κ2) is 7.41. The first-order valence-corrected chi connectivity index (χ1v) is 10.3. The minimum absolute atomic E-state index is 0.0647. The van der Waals surface area contributed by atoms with E-state index in [9.17, 15) is 4.79 Å². The molecule has 0 atom stereocenters. The van der Waals surface area contributed by atoms with Crippen molar-refractivity contribution < 1.29 is 4.79 Å². The van der Waals surface area contributed by atoms with Crippen molar-refractivity contribution in [2.75, 3.05) is 4.90 Å². The second-order valence-corrected chi connectivity index (χ2v) is 8.53. The lowest BCUT2D eigenvalue weighted by atomic mass is 10.2. The SMILES string of the molecule is Cc1cccc(N2C(=O)/C(=C/c3cc(C)n(-c4ccccc4)c3C)SC2=S)c1. The molecule has 0 unspecified atom stereocenters. The number of thiocarbonyl (C=S) groups is 1. The highest BCUT2D eigenvalue weighted by atomic mass is 32.2. The maximum atomic E-state index is 13.0. The molecule has 0 radical (unpaired) electrons. The zero-order chi connectivity index (χ0) is 19.8.